The summed E-state index contributed by atoms with van der Waals surface area (Å²) in [6, 6.07) is 12.8. The molecule has 0 bridgehead atoms. The molecule has 1 N–H and O–H groups in total. The monoisotopic (exact) mass is 338 g/mol. The third-order valence-electron chi connectivity index (χ3n) is 3.81. The van der Waals surface area contributed by atoms with Crippen LogP contribution in [0.4, 0.5) is 5.88 Å². The fourth-order valence-electron chi connectivity index (χ4n) is 2.42. The highest BCUT2D eigenvalue weighted by Gasteiger charge is 2.16. The minimum atomic E-state index is -0.328. The van der Waals surface area contributed by atoms with Crippen LogP contribution in [-0.2, 0) is 0 Å². The fourth-order valence-corrected chi connectivity index (χ4v) is 2.42. The van der Waals surface area contributed by atoms with Gasteiger partial charge in [-0.2, -0.15) is 0 Å². The average molecular weight is 338 g/mol. The van der Waals surface area contributed by atoms with E-state index in [2.05, 4.69) is 10.5 Å². The van der Waals surface area contributed by atoms with Crippen LogP contribution in [-0.4, -0.2) is 25.3 Å². The first-order valence-corrected chi connectivity index (χ1v) is 7.67. The number of benzene rings is 2. The molecule has 1 amide bonds. The number of nitrogens with one attached hydrogen (secondary N) is 1. The Labute approximate surface area is 145 Å². The van der Waals surface area contributed by atoms with Crippen molar-refractivity contribution in [2.75, 3.05) is 19.5 Å². The van der Waals surface area contributed by atoms with Crippen molar-refractivity contribution in [3.05, 3.63) is 59.8 Å². The molecule has 0 aliphatic rings. The lowest BCUT2D eigenvalue weighted by Crippen LogP contribution is -2.12. The molecule has 0 fully saturated rings. The van der Waals surface area contributed by atoms with Crippen LogP contribution >= 0.6 is 0 Å². The molecular formula is C19H18N2O4. The molecule has 0 spiro atoms. The van der Waals surface area contributed by atoms with Crippen molar-refractivity contribution in [2.24, 2.45) is 0 Å². The minimum absolute atomic E-state index is 0.295. The first-order chi connectivity index (χ1) is 12.1. The van der Waals surface area contributed by atoms with Gasteiger partial charge in [-0.05, 0) is 30.7 Å². The predicted octanol–water partition coefficient (Wildman–Crippen LogP) is 3.92. The van der Waals surface area contributed by atoms with E-state index < -0.39 is 0 Å². The molecule has 0 saturated heterocycles. The van der Waals surface area contributed by atoms with Crippen LogP contribution in [0, 0.1) is 6.92 Å². The van der Waals surface area contributed by atoms with E-state index in [1.807, 2.05) is 31.2 Å². The number of ether oxygens (including phenoxy) is 2. The van der Waals surface area contributed by atoms with Crippen LogP contribution in [0.3, 0.4) is 0 Å². The predicted molar refractivity (Wildman–Crippen MR) is 94.2 cm³/mol. The van der Waals surface area contributed by atoms with Crippen LogP contribution in [0.2, 0.25) is 0 Å². The second kappa shape index (κ2) is 7.09. The normalized spacial score (nSPS) is 10.4. The van der Waals surface area contributed by atoms with E-state index in [0.29, 0.717) is 28.5 Å². The second-order valence-corrected chi connectivity index (χ2v) is 5.46. The van der Waals surface area contributed by atoms with Crippen LogP contribution in [0.15, 0.2) is 53.2 Å². The van der Waals surface area contributed by atoms with Crippen LogP contribution < -0.4 is 14.8 Å². The maximum atomic E-state index is 12.5. The van der Waals surface area contributed by atoms with Gasteiger partial charge in [0.2, 0.25) is 5.88 Å². The summed E-state index contributed by atoms with van der Waals surface area (Å²) in [7, 11) is 3.06. The standard InChI is InChI=1S/C19H18N2O4/c1-12-4-6-13(7-5-12)15-11-20-25-19(15)21-18(22)14-8-9-16(23-2)17(10-14)24-3/h4-11H,1-3H3,(H,21,22). The molecule has 128 valence electrons. The van der Waals surface area contributed by atoms with Crippen LogP contribution in [0.5, 0.6) is 11.5 Å². The van der Waals surface area contributed by atoms with Gasteiger partial charge >= 0.3 is 0 Å². The van der Waals surface area contributed by atoms with Gasteiger partial charge in [-0.3, -0.25) is 10.1 Å². The third-order valence-corrected chi connectivity index (χ3v) is 3.81. The summed E-state index contributed by atoms with van der Waals surface area (Å²) in [6.07, 6.45) is 1.58. The zero-order valence-corrected chi connectivity index (χ0v) is 14.2. The number of anilines is 1. The average Bonchev–Trinajstić information content (AvgIpc) is 3.09. The number of aryl methyl sites for hydroxylation is 1. The number of methoxy groups -OCH3 is 2. The number of hydrogen-bond acceptors (Lipinski definition) is 5. The van der Waals surface area contributed by atoms with E-state index in [4.69, 9.17) is 14.0 Å². The van der Waals surface area contributed by atoms with Gasteiger partial charge in [-0.25, -0.2) is 0 Å². The maximum absolute atomic E-state index is 12.5. The Bertz CT molecular complexity index is 885. The van der Waals surface area contributed by atoms with Gasteiger partial charge in [0.25, 0.3) is 5.91 Å². The van der Waals surface area contributed by atoms with Gasteiger partial charge < -0.3 is 14.0 Å². The number of carbonyl (C=O) groups is 1. The number of carbonyl (C=O) groups excluding carboxylic acids is 1. The lowest BCUT2D eigenvalue weighted by atomic mass is 10.1. The van der Waals surface area contributed by atoms with Crippen molar-refractivity contribution >= 4 is 11.8 Å². The van der Waals surface area contributed by atoms with Crippen LogP contribution in [0.25, 0.3) is 11.1 Å². The summed E-state index contributed by atoms with van der Waals surface area (Å²) in [6.45, 7) is 2.01. The molecule has 3 aromatic rings. The summed E-state index contributed by atoms with van der Waals surface area (Å²) >= 11 is 0. The summed E-state index contributed by atoms with van der Waals surface area (Å²) in [5.74, 6) is 1.00. The van der Waals surface area contributed by atoms with Crippen molar-refractivity contribution in [1.82, 2.24) is 5.16 Å². The Morgan fingerprint density at radius 3 is 2.44 bits per heavy atom. The zero-order valence-electron chi connectivity index (χ0n) is 14.2. The maximum Gasteiger partial charge on any atom is 0.258 e. The van der Waals surface area contributed by atoms with Gasteiger partial charge in [0.05, 0.1) is 26.0 Å². The van der Waals surface area contributed by atoms with Crippen molar-refractivity contribution in [1.29, 1.82) is 0 Å². The third kappa shape index (κ3) is 3.47. The quantitative estimate of drug-likeness (QED) is 0.763. The Kier molecular flexibility index (Phi) is 4.70. The fraction of sp³-hybridized carbons (Fsp3) is 0.158. The second-order valence-electron chi connectivity index (χ2n) is 5.46. The summed E-state index contributed by atoms with van der Waals surface area (Å²) in [5, 5.41) is 6.54. The van der Waals surface area contributed by atoms with E-state index in [-0.39, 0.29) is 5.91 Å². The zero-order chi connectivity index (χ0) is 17.8. The molecule has 1 aromatic heterocycles. The molecule has 0 radical (unpaired) electrons. The van der Waals surface area contributed by atoms with E-state index in [1.54, 1.807) is 31.5 Å². The first kappa shape index (κ1) is 16.6. The molecule has 2 aromatic carbocycles. The SMILES string of the molecule is COc1ccc(C(=O)Nc2oncc2-c2ccc(C)cc2)cc1OC. The number of hydrogen-bond donors (Lipinski definition) is 1. The highest BCUT2D eigenvalue weighted by atomic mass is 16.5. The smallest absolute Gasteiger partial charge is 0.258 e. The molecule has 6 heteroatoms. The molecule has 0 aliphatic carbocycles. The van der Waals surface area contributed by atoms with E-state index in [1.165, 1.54) is 7.11 Å². The van der Waals surface area contributed by atoms with Crippen molar-refractivity contribution in [3.63, 3.8) is 0 Å². The lowest BCUT2D eigenvalue weighted by Gasteiger charge is -2.09. The van der Waals surface area contributed by atoms with E-state index >= 15 is 0 Å². The van der Waals surface area contributed by atoms with Gasteiger partial charge in [-0.1, -0.05) is 35.0 Å². The topological polar surface area (TPSA) is 73.6 Å². The lowest BCUT2D eigenvalue weighted by molar-refractivity contribution is 0.102. The Morgan fingerprint density at radius 2 is 1.76 bits per heavy atom. The summed E-state index contributed by atoms with van der Waals surface area (Å²) in [4.78, 5) is 12.5. The van der Waals surface area contributed by atoms with Crippen molar-refractivity contribution < 1.29 is 18.8 Å². The number of amides is 1. The molecule has 6 nitrogen and oxygen atoms in total. The molecule has 3 rings (SSSR count). The van der Waals surface area contributed by atoms with E-state index in [0.717, 1.165) is 11.1 Å². The number of nitrogens with zero attached hydrogens (tertiary/aromatic N) is 1. The van der Waals surface area contributed by atoms with Gasteiger partial charge in [-0.15, -0.1) is 0 Å². The first-order valence-electron chi connectivity index (χ1n) is 7.67. The highest BCUT2D eigenvalue weighted by molar-refractivity contribution is 6.05. The Morgan fingerprint density at radius 1 is 1.04 bits per heavy atom. The van der Waals surface area contributed by atoms with Gasteiger partial charge in [0.15, 0.2) is 11.5 Å². The molecule has 0 atom stereocenters. The molecular weight excluding hydrogens is 320 g/mol. The van der Waals surface area contributed by atoms with Crippen molar-refractivity contribution in [2.45, 2.75) is 6.92 Å². The Balaban J connectivity index is 1.85. The number of aromatic nitrogens is 1. The molecule has 0 aliphatic heterocycles. The largest absolute Gasteiger partial charge is 0.493 e. The van der Waals surface area contributed by atoms with Gasteiger partial charge in [0.1, 0.15) is 0 Å². The summed E-state index contributed by atoms with van der Waals surface area (Å²) < 4.78 is 15.6. The van der Waals surface area contributed by atoms with E-state index in [9.17, 15) is 4.79 Å². The van der Waals surface area contributed by atoms with Gasteiger partial charge in [0, 0.05) is 5.56 Å². The number of rotatable bonds is 5. The van der Waals surface area contributed by atoms with Crippen molar-refractivity contribution in [3.8, 4) is 22.6 Å². The summed E-state index contributed by atoms with van der Waals surface area (Å²) in [5.41, 5.74) is 3.20. The molecule has 0 saturated carbocycles. The molecule has 1 heterocycles. The highest BCUT2D eigenvalue weighted by Crippen LogP contribution is 2.30. The molecule has 25 heavy (non-hydrogen) atoms. The minimum Gasteiger partial charge on any atom is -0.493 e. The van der Waals surface area contributed by atoms with Crippen LogP contribution in [0.1, 0.15) is 15.9 Å². The Hall–Kier alpha value is -3.28. The molecule has 0 unspecified atom stereocenters.